The Hall–Kier alpha value is -2.09. The number of nitrogens with one attached hydrogen (secondary N) is 2. The second-order valence-corrected chi connectivity index (χ2v) is 4.60. The maximum atomic E-state index is 12.6. The molecule has 1 rings (SSSR count). The van der Waals surface area contributed by atoms with Crippen molar-refractivity contribution in [1.82, 2.24) is 10.6 Å². The molecule has 21 heavy (non-hydrogen) atoms. The monoisotopic (exact) mass is 303 g/mol. The van der Waals surface area contributed by atoms with Gasteiger partial charge in [0.15, 0.2) is 0 Å². The van der Waals surface area contributed by atoms with Gasteiger partial charge < -0.3 is 11.1 Å². The summed E-state index contributed by atoms with van der Waals surface area (Å²) in [6.07, 6.45) is -4.07. The van der Waals surface area contributed by atoms with Gasteiger partial charge in [-0.05, 0) is 25.0 Å². The van der Waals surface area contributed by atoms with E-state index in [9.17, 15) is 22.8 Å². The van der Waals surface area contributed by atoms with Crippen molar-refractivity contribution in [3.05, 3.63) is 35.4 Å². The number of benzene rings is 1. The normalized spacial score (nSPS) is 12.8. The molecule has 0 spiro atoms. The molecule has 5 nitrogen and oxygen atoms in total. The molecule has 0 aliphatic rings. The van der Waals surface area contributed by atoms with Crippen molar-refractivity contribution in [3.63, 3.8) is 0 Å². The number of urea groups is 1. The van der Waals surface area contributed by atoms with Crippen LogP contribution in [0.5, 0.6) is 0 Å². The number of rotatable bonds is 5. The van der Waals surface area contributed by atoms with Crippen LogP contribution in [0.25, 0.3) is 0 Å². The number of alkyl halides is 3. The van der Waals surface area contributed by atoms with Gasteiger partial charge in [-0.25, -0.2) is 4.79 Å². The second kappa shape index (κ2) is 7.07. The Labute approximate surface area is 119 Å². The molecule has 0 fully saturated rings. The van der Waals surface area contributed by atoms with E-state index >= 15 is 0 Å². The lowest BCUT2D eigenvalue weighted by atomic mass is 10.0. The van der Waals surface area contributed by atoms with Crippen LogP contribution in [-0.2, 0) is 17.4 Å². The van der Waals surface area contributed by atoms with Crippen LogP contribution >= 0.6 is 0 Å². The lowest BCUT2D eigenvalue weighted by Gasteiger charge is -2.14. The Balaban J connectivity index is 2.53. The third-order valence-corrected chi connectivity index (χ3v) is 2.67. The van der Waals surface area contributed by atoms with Crippen LogP contribution in [0.15, 0.2) is 24.3 Å². The number of hydrogen-bond acceptors (Lipinski definition) is 3. The minimum absolute atomic E-state index is 0.150. The molecule has 0 radical (unpaired) electrons. The van der Waals surface area contributed by atoms with E-state index in [4.69, 9.17) is 5.73 Å². The zero-order valence-electron chi connectivity index (χ0n) is 11.3. The molecule has 0 aliphatic heterocycles. The minimum atomic E-state index is -4.38. The Bertz CT molecular complexity index is 518. The van der Waals surface area contributed by atoms with Crippen molar-refractivity contribution in [1.29, 1.82) is 0 Å². The van der Waals surface area contributed by atoms with Gasteiger partial charge in [0.2, 0.25) is 5.91 Å². The first-order valence-corrected chi connectivity index (χ1v) is 6.17. The molecular formula is C13H16F3N3O2. The molecule has 1 aromatic rings. The van der Waals surface area contributed by atoms with Crippen molar-refractivity contribution in [2.24, 2.45) is 5.73 Å². The first-order valence-electron chi connectivity index (χ1n) is 6.17. The lowest BCUT2D eigenvalue weighted by Crippen LogP contribution is -2.43. The topological polar surface area (TPSA) is 84.2 Å². The first-order chi connectivity index (χ1) is 9.68. The van der Waals surface area contributed by atoms with Gasteiger partial charge in [-0.1, -0.05) is 18.2 Å². The number of nitrogens with two attached hydrogens (primary N) is 1. The van der Waals surface area contributed by atoms with Crippen LogP contribution in [0.2, 0.25) is 0 Å². The van der Waals surface area contributed by atoms with Gasteiger partial charge in [-0.3, -0.25) is 10.1 Å². The van der Waals surface area contributed by atoms with E-state index in [0.29, 0.717) is 12.0 Å². The molecule has 8 heteroatoms. The van der Waals surface area contributed by atoms with Gasteiger partial charge in [0.1, 0.15) is 0 Å². The first kappa shape index (κ1) is 17.0. The predicted molar refractivity (Wildman–Crippen MR) is 70.3 cm³/mol. The molecule has 0 unspecified atom stereocenters. The standard InChI is InChI=1S/C13H16F3N3O2/c1-8(18-7-11(20)19-12(17)21)5-9-3-2-4-10(6-9)13(14,15)16/h2-4,6,8,18H,5,7H2,1H3,(H3,17,19,20,21)/t8-/m1/s1. The summed E-state index contributed by atoms with van der Waals surface area (Å²) in [6, 6.07) is 3.80. The number of carbonyl (C=O) groups excluding carboxylic acids is 2. The summed E-state index contributed by atoms with van der Waals surface area (Å²) < 4.78 is 37.7. The van der Waals surface area contributed by atoms with Crippen molar-refractivity contribution in [2.45, 2.75) is 25.6 Å². The molecule has 0 bridgehead atoms. The molecule has 4 N–H and O–H groups in total. The predicted octanol–water partition coefficient (Wildman–Crippen LogP) is 1.42. The molecule has 0 saturated carbocycles. The van der Waals surface area contributed by atoms with Gasteiger partial charge >= 0.3 is 12.2 Å². The molecule has 116 valence electrons. The lowest BCUT2D eigenvalue weighted by molar-refractivity contribution is -0.137. The van der Waals surface area contributed by atoms with Crippen molar-refractivity contribution < 1.29 is 22.8 Å². The highest BCUT2D eigenvalue weighted by molar-refractivity contribution is 5.94. The van der Waals surface area contributed by atoms with Crippen LogP contribution in [0.3, 0.4) is 0 Å². The largest absolute Gasteiger partial charge is 0.416 e. The fraction of sp³-hybridized carbons (Fsp3) is 0.385. The molecule has 0 saturated heterocycles. The van der Waals surface area contributed by atoms with Crippen molar-refractivity contribution in [3.8, 4) is 0 Å². The van der Waals surface area contributed by atoms with E-state index in [2.05, 4.69) is 5.32 Å². The van der Waals surface area contributed by atoms with E-state index < -0.39 is 23.7 Å². The Morgan fingerprint density at radius 1 is 1.33 bits per heavy atom. The average molecular weight is 303 g/mol. The summed E-state index contributed by atoms with van der Waals surface area (Å²) in [6.45, 7) is 1.57. The fourth-order valence-corrected chi connectivity index (χ4v) is 1.75. The molecule has 3 amide bonds. The fourth-order valence-electron chi connectivity index (χ4n) is 1.75. The number of hydrogen-bond donors (Lipinski definition) is 3. The van der Waals surface area contributed by atoms with Gasteiger partial charge in [0.25, 0.3) is 0 Å². The van der Waals surface area contributed by atoms with Crippen LogP contribution in [0.1, 0.15) is 18.1 Å². The Kier molecular flexibility index (Phi) is 5.71. The van der Waals surface area contributed by atoms with E-state index in [-0.39, 0.29) is 12.6 Å². The average Bonchev–Trinajstić information content (AvgIpc) is 2.35. The minimum Gasteiger partial charge on any atom is -0.351 e. The second-order valence-electron chi connectivity index (χ2n) is 4.60. The maximum Gasteiger partial charge on any atom is 0.416 e. The third kappa shape index (κ3) is 6.26. The summed E-state index contributed by atoms with van der Waals surface area (Å²) in [5.74, 6) is -0.599. The van der Waals surface area contributed by atoms with E-state index in [0.717, 1.165) is 12.1 Å². The van der Waals surface area contributed by atoms with Crippen LogP contribution in [0, 0.1) is 0 Å². The zero-order chi connectivity index (χ0) is 16.0. The highest BCUT2D eigenvalue weighted by atomic mass is 19.4. The molecule has 0 aliphatic carbocycles. The molecule has 1 aromatic carbocycles. The molecule has 1 atom stereocenters. The highest BCUT2D eigenvalue weighted by Gasteiger charge is 2.30. The molecule has 0 heterocycles. The van der Waals surface area contributed by atoms with Gasteiger partial charge in [0, 0.05) is 6.04 Å². The Morgan fingerprint density at radius 3 is 2.57 bits per heavy atom. The zero-order valence-corrected chi connectivity index (χ0v) is 11.3. The van der Waals surface area contributed by atoms with Gasteiger partial charge in [-0.2, -0.15) is 13.2 Å². The van der Waals surface area contributed by atoms with E-state index in [1.807, 2.05) is 5.32 Å². The van der Waals surface area contributed by atoms with Crippen molar-refractivity contribution in [2.75, 3.05) is 6.54 Å². The maximum absolute atomic E-state index is 12.6. The summed E-state index contributed by atoms with van der Waals surface area (Å²) in [7, 11) is 0. The van der Waals surface area contributed by atoms with Crippen LogP contribution < -0.4 is 16.4 Å². The van der Waals surface area contributed by atoms with Crippen LogP contribution in [-0.4, -0.2) is 24.5 Å². The quantitative estimate of drug-likeness (QED) is 0.769. The summed E-state index contributed by atoms with van der Waals surface area (Å²) in [5, 5.41) is 4.67. The van der Waals surface area contributed by atoms with E-state index in [1.54, 1.807) is 13.0 Å². The Morgan fingerprint density at radius 2 is 2.00 bits per heavy atom. The van der Waals surface area contributed by atoms with Crippen molar-refractivity contribution >= 4 is 11.9 Å². The van der Waals surface area contributed by atoms with Gasteiger partial charge in [0.05, 0.1) is 12.1 Å². The van der Waals surface area contributed by atoms with E-state index in [1.165, 1.54) is 6.07 Å². The number of imide groups is 1. The number of carbonyl (C=O) groups is 2. The van der Waals surface area contributed by atoms with Gasteiger partial charge in [-0.15, -0.1) is 0 Å². The highest BCUT2D eigenvalue weighted by Crippen LogP contribution is 2.29. The number of amides is 3. The summed E-state index contributed by atoms with van der Waals surface area (Å²) >= 11 is 0. The van der Waals surface area contributed by atoms with Crippen LogP contribution in [0.4, 0.5) is 18.0 Å². The summed E-state index contributed by atoms with van der Waals surface area (Å²) in [4.78, 5) is 21.6. The number of halogens is 3. The molecular weight excluding hydrogens is 287 g/mol. The molecule has 0 aromatic heterocycles. The smallest absolute Gasteiger partial charge is 0.351 e. The SMILES string of the molecule is C[C@H](Cc1cccc(C(F)(F)F)c1)NCC(=O)NC(N)=O. The summed E-state index contributed by atoms with van der Waals surface area (Å²) in [5.41, 5.74) is 4.57. The third-order valence-electron chi connectivity index (χ3n) is 2.67. The number of primary amides is 1.